The van der Waals surface area contributed by atoms with Gasteiger partial charge in [-0.15, -0.1) is 11.3 Å². The highest BCUT2D eigenvalue weighted by Crippen LogP contribution is 2.40. The van der Waals surface area contributed by atoms with Crippen LogP contribution in [0.15, 0.2) is 42.5 Å². The van der Waals surface area contributed by atoms with Crippen molar-refractivity contribution in [2.45, 2.75) is 27.3 Å². The molecule has 2 aromatic carbocycles. The monoisotopic (exact) mass is 538 g/mol. The molecular weight excluding hydrogens is 507 g/mol. The molecule has 0 bridgehead atoms. The highest BCUT2D eigenvalue weighted by atomic mass is 32.1. The van der Waals surface area contributed by atoms with Crippen LogP contribution in [-0.2, 0) is 11.3 Å². The molecule has 1 aliphatic rings. The van der Waals surface area contributed by atoms with Crippen molar-refractivity contribution in [2.24, 2.45) is 0 Å². The molecule has 2 aromatic heterocycles. The van der Waals surface area contributed by atoms with Crippen molar-refractivity contribution in [1.82, 2.24) is 9.78 Å². The van der Waals surface area contributed by atoms with E-state index in [0.717, 1.165) is 40.3 Å². The molecule has 0 radical (unpaired) electrons. The maximum absolute atomic E-state index is 13.4. The molecule has 3 heterocycles. The molecule has 0 aliphatic carbocycles. The molecule has 200 valence electrons. The molecule has 10 heteroatoms. The van der Waals surface area contributed by atoms with Crippen molar-refractivity contribution in [1.29, 1.82) is 0 Å². The van der Waals surface area contributed by atoms with Gasteiger partial charge < -0.3 is 24.4 Å². The van der Waals surface area contributed by atoms with Gasteiger partial charge in [-0.1, -0.05) is 12.1 Å². The molecule has 1 amide bonds. The maximum atomic E-state index is 13.4. The molecule has 8 nitrogen and oxygen atoms in total. The predicted molar refractivity (Wildman–Crippen MR) is 148 cm³/mol. The van der Waals surface area contributed by atoms with Crippen LogP contribution in [0.2, 0.25) is 0 Å². The summed E-state index contributed by atoms with van der Waals surface area (Å²) in [6.07, 6.45) is 0. The van der Waals surface area contributed by atoms with E-state index in [-0.39, 0.29) is 11.7 Å². The fraction of sp³-hybridized carbons (Fsp3) is 0.357. The lowest BCUT2D eigenvalue weighted by molar-refractivity contribution is 0.103. The second kappa shape index (κ2) is 11.4. The van der Waals surface area contributed by atoms with Gasteiger partial charge >= 0.3 is 0 Å². The molecule has 1 N–H and O–H groups in total. The summed E-state index contributed by atoms with van der Waals surface area (Å²) < 4.78 is 32.6. The molecule has 0 atom stereocenters. The van der Waals surface area contributed by atoms with E-state index in [9.17, 15) is 9.18 Å². The number of benzene rings is 2. The Bertz CT molecular complexity index is 1430. The molecule has 0 unspecified atom stereocenters. The number of thiophene rings is 1. The minimum atomic E-state index is -0.275. The van der Waals surface area contributed by atoms with Gasteiger partial charge in [0.2, 0.25) is 0 Å². The van der Waals surface area contributed by atoms with Gasteiger partial charge in [0.25, 0.3) is 5.91 Å². The Kier molecular flexibility index (Phi) is 7.80. The highest BCUT2D eigenvalue weighted by molar-refractivity contribution is 7.20. The Morgan fingerprint density at radius 1 is 1.08 bits per heavy atom. The van der Waals surface area contributed by atoms with Gasteiger partial charge in [-0.25, -0.2) is 4.39 Å². The Hall–Kier alpha value is -3.63. The Morgan fingerprint density at radius 2 is 1.79 bits per heavy atom. The fourth-order valence-corrected chi connectivity index (χ4v) is 5.58. The summed E-state index contributed by atoms with van der Waals surface area (Å²) in [5.41, 5.74) is 3.25. The van der Waals surface area contributed by atoms with Gasteiger partial charge in [0, 0.05) is 30.6 Å². The molecule has 4 aromatic rings. The minimum absolute atomic E-state index is 0.235. The Balaban J connectivity index is 1.43. The highest BCUT2D eigenvalue weighted by Gasteiger charge is 2.22. The number of aryl methyl sites for hydroxylation is 1. The minimum Gasteiger partial charge on any atom is -0.492 e. The van der Waals surface area contributed by atoms with Crippen LogP contribution in [0.1, 0.15) is 34.8 Å². The zero-order valence-corrected chi connectivity index (χ0v) is 22.6. The molecule has 38 heavy (non-hydrogen) atoms. The summed E-state index contributed by atoms with van der Waals surface area (Å²) in [4.78, 5) is 17.1. The predicted octanol–water partition coefficient (Wildman–Crippen LogP) is 5.48. The number of fused-ring (bicyclic) bond motifs is 1. The summed E-state index contributed by atoms with van der Waals surface area (Å²) in [6, 6.07) is 12.0. The van der Waals surface area contributed by atoms with E-state index in [1.165, 1.54) is 23.5 Å². The first-order valence-corrected chi connectivity index (χ1v) is 13.6. The van der Waals surface area contributed by atoms with Crippen molar-refractivity contribution in [2.75, 3.05) is 49.7 Å². The van der Waals surface area contributed by atoms with Crippen LogP contribution in [0.25, 0.3) is 10.2 Å². The Morgan fingerprint density at radius 3 is 2.50 bits per heavy atom. The van der Waals surface area contributed by atoms with Crippen molar-refractivity contribution in [3.05, 3.63) is 64.4 Å². The molecule has 5 rings (SSSR count). The zero-order chi connectivity index (χ0) is 26.6. The van der Waals surface area contributed by atoms with Crippen molar-refractivity contribution in [3.8, 4) is 11.5 Å². The molecule has 0 saturated carbocycles. The summed E-state index contributed by atoms with van der Waals surface area (Å²) in [6.45, 7) is 10.0. The van der Waals surface area contributed by atoms with Crippen LogP contribution in [0.5, 0.6) is 11.5 Å². The third-order valence-electron chi connectivity index (χ3n) is 6.34. The summed E-state index contributed by atoms with van der Waals surface area (Å²) in [5.74, 6) is 0.768. The lowest BCUT2D eigenvalue weighted by Gasteiger charge is -2.31. The van der Waals surface area contributed by atoms with E-state index in [0.29, 0.717) is 55.0 Å². The third-order valence-corrected chi connectivity index (χ3v) is 7.48. The van der Waals surface area contributed by atoms with Gasteiger partial charge in [0.1, 0.15) is 22.1 Å². The van der Waals surface area contributed by atoms with Crippen LogP contribution in [0.4, 0.5) is 15.8 Å². The molecule has 0 spiro atoms. The maximum Gasteiger partial charge on any atom is 0.265 e. The van der Waals surface area contributed by atoms with Crippen LogP contribution < -0.4 is 19.7 Å². The van der Waals surface area contributed by atoms with E-state index < -0.39 is 0 Å². The van der Waals surface area contributed by atoms with Gasteiger partial charge in [-0.3, -0.25) is 9.48 Å². The van der Waals surface area contributed by atoms with Crippen LogP contribution >= 0.6 is 11.3 Å². The number of morpholine rings is 1. The number of nitrogens with one attached hydrogen (secondary N) is 1. The smallest absolute Gasteiger partial charge is 0.265 e. The molecule has 1 fully saturated rings. The quantitative estimate of drug-likeness (QED) is 0.304. The first kappa shape index (κ1) is 26.0. The molecule has 1 aliphatic heterocycles. The second-order valence-corrected chi connectivity index (χ2v) is 9.97. The number of hydrogen-bond donors (Lipinski definition) is 1. The SMILES string of the molecule is CCOc1cc(N2CCOCC2)c(OCC)cc1NC(=O)c1cc2c(C)nn(Cc3ccc(F)cc3)c2s1. The zero-order valence-electron chi connectivity index (χ0n) is 21.8. The second-order valence-electron chi connectivity index (χ2n) is 8.93. The van der Waals surface area contributed by atoms with Crippen molar-refractivity contribution in [3.63, 3.8) is 0 Å². The number of aromatic nitrogens is 2. The largest absolute Gasteiger partial charge is 0.492 e. The van der Waals surface area contributed by atoms with Gasteiger partial charge in [0.15, 0.2) is 0 Å². The van der Waals surface area contributed by atoms with E-state index in [2.05, 4.69) is 15.3 Å². The first-order chi connectivity index (χ1) is 18.5. The standard InChI is InChI=1S/C28H31FN4O4S/c1-4-36-24-16-23(32-10-12-35-13-11-32)25(37-5-2)15-22(24)30-27(34)26-14-21-18(3)31-33(28(21)38-26)17-19-6-8-20(29)9-7-19/h6-9,14-16H,4-5,10-13,17H2,1-3H3,(H,30,34). The lowest BCUT2D eigenvalue weighted by atomic mass is 10.2. The van der Waals surface area contributed by atoms with Crippen molar-refractivity contribution < 1.29 is 23.4 Å². The van der Waals surface area contributed by atoms with Gasteiger partial charge in [-0.05, 0) is 44.5 Å². The number of amides is 1. The van der Waals surface area contributed by atoms with Crippen molar-refractivity contribution >= 4 is 38.8 Å². The molecular formula is C28H31FN4O4S. The summed E-state index contributed by atoms with van der Waals surface area (Å²) in [7, 11) is 0. The normalized spacial score (nSPS) is 13.6. The summed E-state index contributed by atoms with van der Waals surface area (Å²) in [5, 5.41) is 8.59. The number of rotatable bonds is 9. The number of ether oxygens (including phenoxy) is 3. The lowest BCUT2D eigenvalue weighted by Crippen LogP contribution is -2.36. The van der Waals surface area contributed by atoms with E-state index in [1.807, 2.05) is 43.7 Å². The van der Waals surface area contributed by atoms with E-state index in [1.54, 1.807) is 12.1 Å². The first-order valence-electron chi connectivity index (χ1n) is 12.8. The van der Waals surface area contributed by atoms with Crippen LogP contribution in [0, 0.1) is 12.7 Å². The van der Waals surface area contributed by atoms with Crippen LogP contribution in [-0.4, -0.2) is 55.2 Å². The number of carbonyl (C=O) groups excluding carboxylic acids is 1. The fourth-order valence-electron chi connectivity index (χ4n) is 4.52. The van der Waals surface area contributed by atoms with E-state index >= 15 is 0 Å². The third kappa shape index (κ3) is 5.46. The number of nitrogens with zero attached hydrogens (tertiary/aromatic N) is 3. The average molecular weight is 539 g/mol. The topological polar surface area (TPSA) is 77.8 Å². The molecule has 1 saturated heterocycles. The number of anilines is 2. The van der Waals surface area contributed by atoms with E-state index in [4.69, 9.17) is 14.2 Å². The van der Waals surface area contributed by atoms with Gasteiger partial charge in [0.05, 0.1) is 54.9 Å². The number of hydrogen-bond acceptors (Lipinski definition) is 7. The van der Waals surface area contributed by atoms with Crippen LogP contribution in [0.3, 0.4) is 0 Å². The Labute approximate surface area is 224 Å². The number of carbonyl (C=O) groups is 1. The number of halogens is 1. The average Bonchev–Trinajstić information content (AvgIpc) is 3.48. The van der Waals surface area contributed by atoms with Gasteiger partial charge in [-0.2, -0.15) is 5.10 Å². The summed E-state index contributed by atoms with van der Waals surface area (Å²) >= 11 is 1.37.